The van der Waals surface area contributed by atoms with Crippen LogP contribution in [0.15, 0.2) is 146 Å². The van der Waals surface area contributed by atoms with E-state index in [-0.39, 0.29) is 6.71 Å². The van der Waals surface area contributed by atoms with Crippen LogP contribution >= 0.6 is 0 Å². The second-order valence-corrected chi connectivity index (χ2v) is 13.8. The Morgan fingerprint density at radius 1 is 0.480 bits per heavy atom. The number of fused-ring (bicyclic) bond motifs is 12. The lowest BCUT2D eigenvalue weighted by Gasteiger charge is -2.46. The first-order valence-corrected chi connectivity index (χ1v) is 17.2. The average molecular weight is 638 g/mol. The molecule has 0 atom stereocenters. The Labute approximate surface area is 286 Å². The van der Waals surface area contributed by atoms with Crippen LogP contribution in [0.4, 0.5) is 0 Å². The Morgan fingerprint density at radius 3 is 1.68 bits per heavy atom. The fourth-order valence-corrected chi connectivity index (χ4v) is 9.92. The lowest BCUT2D eigenvalue weighted by atomic mass is 9.29. The van der Waals surface area contributed by atoms with Crippen molar-refractivity contribution in [3.8, 4) is 39.8 Å². The molecule has 0 N–H and O–H groups in total. The molecule has 0 amide bonds. The van der Waals surface area contributed by atoms with Crippen LogP contribution in [0.2, 0.25) is 0 Å². The first-order valence-electron chi connectivity index (χ1n) is 17.2. The van der Waals surface area contributed by atoms with Crippen LogP contribution in [-0.2, 0) is 5.41 Å². The normalized spacial score (nSPS) is 14.8. The molecule has 6 heteroatoms. The molecular weight excluding hydrogens is 613 g/mol. The van der Waals surface area contributed by atoms with E-state index in [4.69, 9.17) is 14.5 Å². The molecule has 1 aliphatic carbocycles. The monoisotopic (exact) mass is 637 g/mol. The number of hydrogen-bond acceptors (Lipinski definition) is 3. The van der Waals surface area contributed by atoms with E-state index >= 15 is 0 Å². The molecule has 3 aliphatic heterocycles. The maximum atomic E-state index is 7.03. The van der Waals surface area contributed by atoms with Gasteiger partial charge in [0.15, 0.2) is 0 Å². The molecule has 0 unspecified atom stereocenters. The molecule has 5 heterocycles. The highest BCUT2D eigenvalue weighted by atomic mass is 16.5. The van der Waals surface area contributed by atoms with Crippen LogP contribution in [0.5, 0.6) is 23.0 Å². The number of imidazole rings is 2. The van der Waals surface area contributed by atoms with E-state index in [0.29, 0.717) is 0 Å². The number of ether oxygens (including phenoxy) is 2. The highest BCUT2D eigenvalue weighted by Crippen LogP contribution is 2.58. The summed E-state index contributed by atoms with van der Waals surface area (Å²) in [6, 6.07) is 52.3. The van der Waals surface area contributed by atoms with E-state index in [0.717, 1.165) is 62.0 Å². The minimum absolute atomic E-state index is 0.0186. The van der Waals surface area contributed by atoms with Gasteiger partial charge in [0.05, 0.1) is 33.2 Å². The van der Waals surface area contributed by atoms with Gasteiger partial charge >= 0.3 is 0 Å². The van der Waals surface area contributed by atoms with Crippen LogP contribution in [0.3, 0.4) is 0 Å². The van der Waals surface area contributed by atoms with Crippen molar-refractivity contribution in [1.82, 2.24) is 14.0 Å². The molecule has 7 aromatic carbocycles. The van der Waals surface area contributed by atoms with E-state index in [1.165, 1.54) is 44.3 Å². The van der Waals surface area contributed by atoms with Crippen LogP contribution in [0, 0.1) is 0 Å². The summed E-state index contributed by atoms with van der Waals surface area (Å²) in [5.74, 6) is 4.31. The highest BCUT2D eigenvalue weighted by Gasteiger charge is 2.56. The van der Waals surface area contributed by atoms with Crippen molar-refractivity contribution >= 4 is 50.9 Å². The second kappa shape index (κ2) is 8.54. The summed E-state index contributed by atoms with van der Waals surface area (Å²) in [6.07, 6.45) is 0. The minimum Gasteiger partial charge on any atom is -0.458 e. The Bertz CT molecular complexity index is 2900. The van der Waals surface area contributed by atoms with Crippen LogP contribution in [0.25, 0.3) is 44.7 Å². The Kier molecular flexibility index (Phi) is 4.36. The summed E-state index contributed by atoms with van der Waals surface area (Å²) in [6.45, 7) is -0.0186. The molecule has 13 rings (SSSR count). The summed E-state index contributed by atoms with van der Waals surface area (Å²) >= 11 is 0. The third-order valence-electron chi connectivity index (χ3n) is 11.7. The lowest BCUT2D eigenvalue weighted by Crippen LogP contribution is -2.65. The summed E-state index contributed by atoms with van der Waals surface area (Å²) in [5, 5.41) is 0. The van der Waals surface area contributed by atoms with Gasteiger partial charge in [-0.2, -0.15) is 0 Å². The van der Waals surface area contributed by atoms with Crippen LogP contribution < -0.4 is 25.9 Å². The van der Waals surface area contributed by atoms with Gasteiger partial charge in [-0.25, -0.2) is 4.98 Å². The van der Waals surface area contributed by atoms with Crippen molar-refractivity contribution in [3.05, 3.63) is 168 Å². The maximum Gasteiger partial charge on any atom is 0.261 e. The molecule has 0 radical (unpaired) electrons. The van der Waals surface area contributed by atoms with Gasteiger partial charge in [-0.1, -0.05) is 97.1 Å². The fourth-order valence-electron chi connectivity index (χ4n) is 9.92. The van der Waals surface area contributed by atoms with Crippen LogP contribution in [0.1, 0.15) is 22.3 Å². The summed E-state index contributed by atoms with van der Waals surface area (Å²) in [4.78, 5) is 5.14. The SMILES string of the molecule is c1ccc2c(c1)-c1ccccc1C21c2cccc3c2B2c4c(cc(-n5c6ccccc6n6c7ccccc7nc56)cc4Oc4cccc1c42)O3. The van der Waals surface area contributed by atoms with E-state index < -0.39 is 5.41 Å². The van der Waals surface area contributed by atoms with Crippen LogP contribution in [-0.4, -0.2) is 20.7 Å². The summed E-state index contributed by atoms with van der Waals surface area (Å²) in [5.41, 5.74) is 16.0. The molecule has 230 valence electrons. The Balaban J connectivity index is 1.12. The zero-order chi connectivity index (χ0) is 32.3. The first kappa shape index (κ1) is 25.5. The lowest BCUT2D eigenvalue weighted by molar-refractivity contribution is 0.461. The van der Waals surface area contributed by atoms with E-state index in [1.807, 2.05) is 6.07 Å². The second-order valence-electron chi connectivity index (χ2n) is 13.8. The number of nitrogens with zero attached hydrogens (tertiary/aromatic N) is 3. The summed E-state index contributed by atoms with van der Waals surface area (Å²) < 4.78 is 18.5. The molecule has 4 aliphatic rings. The predicted octanol–water partition coefficient (Wildman–Crippen LogP) is 7.84. The molecule has 0 saturated carbocycles. The molecule has 50 heavy (non-hydrogen) atoms. The Morgan fingerprint density at radius 2 is 1.02 bits per heavy atom. The van der Waals surface area contributed by atoms with Gasteiger partial charge in [0.2, 0.25) is 5.78 Å². The zero-order valence-electron chi connectivity index (χ0n) is 26.6. The van der Waals surface area contributed by atoms with Gasteiger partial charge in [0.25, 0.3) is 6.71 Å². The molecule has 0 bridgehead atoms. The van der Waals surface area contributed by atoms with Crippen molar-refractivity contribution in [3.63, 3.8) is 0 Å². The van der Waals surface area contributed by atoms with E-state index in [9.17, 15) is 0 Å². The number of hydrogen-bond donors (Lipinski definition) is 0. The molecule has 5 nitrogen and oxygen atoms in total. The van der Waals surface area contributed by atoms with Gasteiger partial charge in [0, 0.05) is 17.6 Å². The van der Waals surface area contributed by atoms with Crippen molar-refractivity contribution in [1.29, 1.82) is 0 Å². The van der Waals surface area contributed by atoms with Gasteiger partial charge in [-0.3, -0.25) is 8.97 Å². The smallest absolute Gasteiger partial charge is 0.261 e. The topological polar surface area (TPSA) is 40.7 Å². The fraction of sp³-hybridized carbons (Fsp3) is 0.0227. The first-order chi connectivity index (χ1) is 24.8. The number of rotatable bonds is 1. The van der Waals surface area contributed by atoms with Crippen molar-refractivity contribution < 1.29 is 9.47 Å². The number of para-hydroxylation sites is 4. The molecule has 0 saturated heterocycles. The van der Waals surface area contributed by atoms with Gasteiger partial charge in [0.1, 0.15) is 23.0 Å². The van der Waals surface area contributed by atoms with E-state index in [2.05, 4.69) is 148 Å². The number of aromatic nitrogens is 3. The quantitative estimate of drug-likeness (QED) is 0.172. The molecule has 2 aromatic heterocycles. The van der Waals surface area contributed by atoms with Crippen molar-refractivity contribution in [2.24, 2.45) is 0 Å². The predicted molar refractivity (Wildman–Crippen MR) is 198 cm³/mol. The summed E-state index contributed by atoms with van der Waals surface area (Å²) in [7, 11) is 0. The zero-order valence-corrected chi connectivity index (χ0v) is 26.6. The third-order valence-corrected chi connectivity index (χ3v) is 11.7. The van der Waals surface area contributed by atoms with Gasteiger partial charge < -0.3 is 9.47 Å². The molecule has 9 aromatic rings. The number of benzene rings is 7. The maximum absolute atomic E-state index is 7.03. The van der Waals surface area contributed by atoms with Gasteiger partial charge in [-0.15, -0.1) is 0 Å². The van der Waals surface area contributed by atoms with Crippen molar-refractivity contribution in [2.45, 2.75) is 5.41 Å². The average Bonchev–Trinajstić information content (AvgIpc) is 3.79. The van der Waals surface area contributed by atoms with Gasteiger partial charge in [-0.05, 0) is 80.7 Å². The highest BCUT2D eigenvalue weighted by molar-refractivity contribution is 6.99. The largest absolute Gasteiger partial charge is 0.458 e. The molecule has 0 fully saturated rings. The standard InChI is InChI=1S/C44H24BN3O2/c1-3-13-28-26(11-1)27-12-2-4-14-29(27)44(28)30-15-9-21-36-40(30)45-41-31(44)16-10-22-37(41)50-39-24-25(23-38(49-36)42(39)45)47-34-19-7-8-20-35(34)48-33-18-6-5-17-32(33)46-43(47)48/h1-24H. The third kappa shape index (κ3) is 2.74. The molecule has 1 spiro atoms. The molecular formula is C44H24BN3O2. The van der Waals surface area contributed by atoms with Crippen molar-refractivity contribution in [2.75, 3.05) is 0 Å². The minimum atomic E-state index is -0.486. The van der Waals surface area contributed by atoms with E-state index in [1.54, 1.807) is 0 Å². The Hall–Kier alpha value is -6.53.